The Morgan fingerprint density at radius 3 is 2.29 bits per heavy atom. The van der Waals surface area contributed by atoms with Crippen LogP contribution in [0.4, 0.5) is 5.69 Å². The summed E-state index contributed by atoms with van der Waals surface area (Å²) in [7, 11) is 3.27. The summed E-state index contributed by atoms with van der Waals surface area (Å²) in [4.78, 5) is 20.3. The van der Waals surface area contributed by atoms with E-state index in [1.807, 2.05) is 48.5 Å². The van der Waals surface area contributed by atoms with Crippen molar-refractivity contribution >= 4 is 33.9 Å². The van der Waals surface area contributed by atoms with Crippen LogP contribution in [-0.2, 0) is 6.54 Å². The van der Waals surface area contributed by atoms with Crippen molar-refractivity contribution in [3.05, 3.63) is 64.4 Å². The van der Waals surface area contributed by atoms with E-state index in [2.05, 4.69) is 33.9 Å². The van der Waals surface area contributed by atoms with Crippen molar-refractivity contribution in [2.45, 2.75) is 26.8 Å². The first-order valence-corrected chi connectivity index (χ1v) is 12.0. The molecule has 0 saturated heterocycles. The third-order valence-electron chi connectivity index (χ3n) is 5.91. The molecular formula is C26H34N4O3S. The lowest BCUT2D eigenvalue weighted by molar-refractivity contribution is 0.281. The minimum atomic E-state index is -0.112. The Bertz CT molecular complexity index is 1140. The normalized spacial score (nSPS) is 11.0. The molecule has 8 heteroatoms. The Kier molecular flexibility index (Phi) is 9.30. The highest BCUT2D eigenvalue weighted by molar-refractivity contribution is 7.80. The number of nitrogens with one attached hydrogen (secondary N) is 2. The molecule has 0 spiro atoms. The smallest absolute Gasteiger partial charge is 0.253 e. The first-order chi connectivity index (χ1) is 16.5. The van der Waals surface area contributed by atoms with Gasteiger partial charge in [-0.3, -0.25) is 4.79 Å². The third kappa shape index (κ3) is 6.71. The zero-order valence-electron chi connectivity index (χ0n) is 20.4. The summed E-state index contributed by atoms with van der Waals surface area (Å²) in [5.41, 5.74) is 2.19. The fourth-order valence-electron chi connectivity index (χ4n) is 3.83. The van der Waals surface area contributed by atoms with Gasteiger partial charge in [0.25, 0.3) is 5.56 Å². The number of hydrogen-bond donors (Lipinski definition) is 2. The maximum absolute atomic E-state index is 12.8. The molecule has 2 N–H and O–H groups in total. The Hall–Kier alpha value is -3.10. The van der Waals surface area contributed by atoms with Gasteiger partial charge in [0.05, 0.1) is 20.8 Å². The molecule has 2 aromatic carbocycles. The first kappa shape index (κ1) is 25.5. The summed E-state index contributed by atoms with van der Waals surface area (Å²) in [5, 5.41) is 4.81. The third-order valence-corrected chi connectivity index (χ3v) is 6.28. The molecule has 34 heavy (non-hydrogen) atoms. The molecule has 1 aromatic heterocycles. The molecule has 3 aromatic rings. The lowest BCUT2D eigenvalue weighted by atomic mass is 10.1. The summed E-state index contributed by atoms with van der Waals surface area (Å²) in [6.45, 7) is 8.46. The number of benzene rings is 2. The quantitative estimate of drug-likeness (QED) is 0.391. The van der Waals surface area contributed by atoms with Crippen LogP contribution in [0.2, 0.25) is 0 Å². The van der Waals surface area contributed by atoms with Crippen LogP contribution in [0.15, 0.2) is 53.3 Å². The van der Waals surface area contributed by atoms with Crippen LogP contribution >= 0.6 is 12.2 Å². The zero-order chi connectivity index (χ0) is 24.5. The van der Waals surface area contributed by atoms with Gasteiger partial charge in [0, 0.05) is 28.7 Å². The van der Waals surface area contributed by atoms with Gasteiger partial charge in [0.1, 0.15) is 11.5 Å². The lowest BCUT2D eigenvalue weighted by Crippen LogP contribution is -2.38. The van der Waals surface area contributed by atoms with Crippen molar-refractivity contribution < 1.29 is 9.47 Å². The highest BCUT2D eigenvalue weighted by Crippen LogP contribution is 2.20. The summed E-state index contributed by atoms with van der Waals surface area (Å²) in [6, 6.07) is 15.2. The lowest BCUT2D eigenvalue weighted by Gasteiger charge is -2.27. The molecular weight excluding hydrogens is 448 g/mol. The predicted octanol–water partition coefficient (Wildman–Crippen LogP) is 4.48. The topological polar surface area (TPSA) is 69.8 Å². The number of anilines is 1. The van der Waals surface area contributed by atoms with E-state index < -0.39 is 0 Å². The average Bonchev–Trinajstić information content (AvgIpc) is 2.86. The summed E-state index contributed by atoms with van der Waals surface area (Å²) >= 11 is 5.77. The van der Waals surface area contributed by atoms with Crippen molar-refractivity contribution in [1.29, 1.82) is 0 Å². The predicted molar refractivity (Wildman–Crippen MR) is 143 cm³/mol. The van der Waals surface area contributed by atoms with Gasteiger partial charge in [0.15, 0.2) is 5.11 Å². The van der Waals surface area contributed by atoms with Crippen LogP contribution < -0.4 is 20.3 Å². The number of pyridine rings is 1. The highest BCUT2D eigenvalue weighted by atomic mass is 32.1. The van der Waals surface area contributed by atoms with Crippen LogP contribution in [-0.4, -0.2) is 60.3 Å². The van der Waals surface area contributed by atoms with E-state index >= 15 is 0 Å². The molecule has 0 aliphatic carbocycles. The van der Waals surface area contributed by atoms with Gasteiger partial charge < -0.3 is 29.6 Å². The Balaban J connectivity index is 1.82. The van der Waals surface area contributed by atoms with Gasteiger partial charge in [-0.05, 0) is 86.8 Å². The van der Waals surface area contributed by atoms with Gasteiger partial charge in [-0.25, -0.2) is 0 Å². The van der Waals surface area contributed by atoms with E-state index in [9.17, 15) is 4.79 Å². The minimum Gasteiger partial charge on any atom is -0.497 e. The number of hydrogen-bond acceptors (Lipinski definition) is 5. The highest BCUT2D eigenvalue weighted by Gasteiger charge is 2.15. The number of H-pyrrole nitrogens is 1. The van der Waals surface area contributed by atoms with E-state index in [0.717, 1.165) is 60.7 Å². The van der Waals surface area contributed by atoms with Gasteiger partial charge in [-0.15, -0.1) is 0 Å². The summed E-state index contributed by atoms with van der Waals surface area (Å²) < 4.78 is 10.6. The molecule has 0 saturated carbocycles. The van der Waals surface area contributed by atoms with Crippen molar-refractivity contribution in [3.8, 4) is 11.5 Å². The first-order valence-electron chi connectivity index (χ1n) is 11.6. The van der Waals surface area contributed by atoms with E-state index in [1.165, 1.54) is 0 Å². The fraction of sp³-hybridized carbons (Fsp3) is 0.385. The maximum Gasteiger partial charge on any atom is 0.253 e. The molecule has 182 valence electrons. The van der Waals surface area contributed by atoms with E-state index in [1.54, 1.807) is 14.2 Å². The van der Waals surface area contributed by atoms with E-state index in [4.69, 9.17) is 21.7 Å². The molecule has 0 atom stereocenters. The molecule has 0 amide bonds. The molecule has 3 rings (SSSR count). The molecule has 0 radical (unpaired) electrons. The Morgan fingerprint density at radius 2 is 1.65 bits per heavy atom. The fourth-order valence-corrected chi connectivity index (χ4v) is 4.11. The van der Waals surface area contributed by atoms with Crippen molar-refractivity contribution in [2.75, 3.05) is 45.7 Å². The van der Waals surface area contributed by atoms with Crippen LogP contribution in [0.1, 0.15) is 25.8 Å². The molecule has 0 fully saturated rings. The van der Waals surface area contributed by atoms with Crippen LogP contribution in [0.3, 0.4) is 0 Å². The van der Waals surface area contributed by atoms with Crippen molar-refractivity contribution in [2.24, 2.45) is 0 Å². The molecule has 0 aliphatic heterocycles. The molecule has 7 nitrogen and oxygen atoms in total. The van der Waals surface area contributed by atoms with Gasteiger partial charge >= 0.3 is 0 Å². The second-order valence-corrected chi connectivity index (χ2v) is 8.42. The number of fused-ring (bicyclic) bond motifs is 1. The summed E-state index contributed by atoms with van der Waals surface area (Å²) in [6.07, 6.45) is 0.936. The molecule has 0 unspecified atom stereocenters. The van der Waals surface area contributed by atoms with Crippen LogP contribution in [0.25, 0.3) is 10.9 Å². The van der Waals surface area contributed by atoms with Crippen molar-refractivity contribution in [1.82, 2.24) is 14.8 Å². The SMILES string of the molecule is CCN(CC)CCCN(Cc1cc2cc(OC)ccc2[nH]c1=O)C(=S)Nc1ccc(OC)cc1. The average molecular weight is 483 g/mol. The Labute approximate surface area is 206 Å². The number of rotatable bonds is 11. The van der Waals surface area contributed by atoms with Gasteiger partial charge in [0.2, 0.25) is 0 Å². The zero-order valence-corrected chi connectivity index (χ0v) is 21.2. The maximum atomic E-state index is 12.8. The number of thiocarbonyl (C=S) groups is 1. The second kappa shape index (κ2) is 12.4. The molecule has 1 heterocycles. The largest absolute Gasteiger partial charge is 0.497 e. The van der Waals surface area contributed by atoms with Crippen molar-refractivity contribution in [3.63, 3.8) is 0 Å². The second-order valence-electron chi connectivity index (χ2n) is 8.04. The number of aromatic amines is 1. The van der Waals surface area contributed by atoms with E-state index in [0.29, 0.717) is 17.2 Å². The molecule has 0 bridgehead atoms. The minimum absolute atomic E-state index is 0.112. The van der Waals surface area contributed by atoms with Gasteiger partial charge in [-0.2, -0.15) is 0 Å². The number of nitrogens with zero attached hydrogens (tertiary/aromatic N) is 2. The van der Waals surface area contributed by atoms with Gasteiger partial charge in [-0.1, -0.05) is 13.8 Å². The summed E-state index contributed by atoms with van der Waals surface area (Å²) in [5.74, 6) is 1.53. The number of ether oxygens (including phenoxy) is 2. The van der Waals surface area contributed by atoms with Crippen LogP contribution in [0, 0.1) is 0 Å². The monoisotopic (exact) mass is 482 g/mol. The number of aromatic nitrogens is 1. The van der Waals surface area contributed by atoms with E-state index in [-0.39, 0.29) is 5.56 Å². The Morgan fingerprint density at radius 1 is 0.971 bits per heavy atom. The van der Waals surface area contributed by atoms with Crippen LogP contribution in [0.5, 0.6) is 11.5 Å². The standard InChI is InChI=1S/C26H34N4O3S/c1-5-29(6-2)14-7-15-30(26(34)27-21-8-10-22(32-3)11-9-21)18-20-16-19-17-23(33-4)12-13-24(19)28-25(20)31/h8-13,16-17H,5-7,14-15,18H2,1-4H3,(H,27,34)(H,28,31). The number of methoxy groups -OCH3 is 2. The molecule has 0 aliphatic rings.